The maximum absolute atomic E-state index is 8.63. The first-order valence-corrected chi connectivity index (χ1v) is 14.7. The van der Waals surface area contributed by atoms with E-state index in [0.717, 1.165) is 19.1 Å². The zero-order chi connectivity index (χ0) is 23.8. The molecule has 32 heavy (non-hydrogen) atoms. The van der Waals surface area contributed by atoms with E-state index in [4.69, 9.17) is 10.2 Å². The molecule has 2 N–H and O–H groups in total. The van der Waals surface area contributed by atoms with Crippen LogP contribution in [0.3, 0.4) is 0 Å². The summed E-state index contributed by atoms with van der Waals surface area (Å²) in [6.45, 7) is 4.92. The largest absolute Gasteiger partial charge is 0.516 e. The van der Waals surface area contributed by atoms with Crippen molar-refractivity contribution in [2.45, 2.75) is 174 Å². The highest BCUT2D eigenvalue weighted by Gasteiger charge is 1.93. The summed E-state index contributed by atoms with van der Waals surface area (Å²) in [7, 11) is 0. The predicted octanol–water partition coefficient (Wildman–Crippen LogP) is 10.8. The van der Waals surface area contributed by atoms with E-state index in [0.29, 0.717) is 6.61 Å². The molecule has 0 aromatic carbocycles. The Morgan fingerprint density at radius 1 is 0.406 bits per heavy atom. The summed E-state index contributed by atoms with van der Waals surface area (Å²) in [6.07, 6.45) is 37.0. The fourth-order valence-electron chi connectivity index (χ4n) is 4.13. The van der Waals surface area contributed by atoms with Crippen molar-refractivity contribution < 1.29 is 10.2 Å². The van der Waals surface area contributed by atoms with Crippen LogP contribution in [0, 0.1) is 0 Å². The molecular formula is C30H62O2. The van der Waals surface area contributed by atoms with Crippen LogP contribution in [0.4, 0.5) is 0 Å². The van der Waals surface area contributed by atoms with Crippen LogP contribution in [-0.2, 0) is 0 Å². The average Bonchev–Trinajstić information content (AvgIpc) is 2.81. The van der Waals surface area contributed by atoms with Crippen LogP contribution in [0.15, 0.2) is 12.3 Å². The van der Waals surface area contributed by atoms with Gasteiger partial charge in [0.05, 0.1) is 6.26 Å². The van der Waals surface area contributed by atoms with Gasteiger partial charge in [0.25, 0.3) is 0 Å². The average molecular weight is 455 g/mol. The lowest BCUT2D eigenvalue weighted by atomic mass is 10.0. The van der Waals surface area contributed by atoms with Gasteiger partial charge in [0.2, 0.25) is 0 Å². The van der Waals surface area contributed by atoms with E-state index in [1.54, 1.807) is 0 Å². The lowest BCUT2D eigenvalue weighted by Gasteiger charge is -2.02. The third-order valence-electron chi connectivity index (χ3n) is 6.34. The maximum atomic E-state index is 8.63. The van der Waals surface area contributed by atoms with Crippen LogP contribution >= 0.6 is 0 Å². The van der Waals surface area contributed by atoms with Crippen molar-refractivity contribution in [1.82, 2.24) is 0 Å². The van der Waals surface area contributed by atoms with E-state index in [9.17, 15) is 0 Å². The van der Waals surface area contributed by atoms with E-state index in [1.807, 2.05) is 6.08 Å². The molecule has 0 heterocycles. The molecule has 0 rings (SSSR count). The lowest BCUT2D eigenvalue weighted by molar-refractivity contribution is 0.282. The lowest BCUT2D eigenvalue weighted by Crippen LogP contribution is -1.84. The van der Waals surface area contributed by atoms with Crippen LogP contribution in [0.25, 0.3) is 0 Å². The Kier molecular flexibility index (Phi) is 36.9. The standard InChI is InChI=1S/C15H32O.C15H30O/c2*1-2-3-4-5-6-7-8-9-10-11-12-13-14-15-16/h16H,2-15H2,1H3;14-16H,2-13H2,1H3. The third-order valence-corrected chi connectivity index (χ3v) is 6.34. The second kappa shape index (κ2) is 35.1. The quantitative estimate of drug-likeness (QED) is 0.106. The molecule has 0 radical (unpaired) electrons. The smallest absolute Gasteiger partial charge is 0.0751 e. The number of allylic oxidation sites excluding steroid dienone is 1. The molecule has 0 aliphatic carbocycles. The Bertz CT molecular complexity index is 300. The van der Waals surface area contributed by atoms with Gasteiger partial charge in [0.15, 0.2) is 0 Å². The SMILES string of the molecule is CCCCCCCCCCCCCC=CO.CCCCCCCCCCCCCCCO. The summed E-state index contributed by atoms with van der Waals surface area (Å²) in [5.74, 6) is 0. The molecule has 0 aromatic heterocycles. The fourth-order valence-corrected chi connectivity index (χ4v) is 4.13. The first kappa shape index (κ1) is 33.7. The number of unbranched alkanes of at least 4 members (excludes halogenated alkanes) is 23. The fraction of sp³-hybridized carbons (Fsp3) is 0.933. The van der Waals surface area contributed by atoms with Crippen molar-refractivity contribution in [2.75, 3.05) is 6.61 Å². The van der Waals surface area contributed by atoms with E-state index in [1.165, 1.54) is 148 Å². The Hall–Kier alpha value is -0.500. The van der Waals surface area contributed by atoms with Crippen molar-refractivity contribution in [1.29, 1.82) is 0 Å². The minimum absolute atomic E-state index is 0.373. The molecule has 0 aromatic rings. The molecule has 0 saturated heterocycles. The molecule has 0 fully saturated rings. The van der Waals surface area contributed by atoms with Gasteiger partial charge in [-0.25, -0.2) is 0 Å². The van der Waals surface area contributed by atoms with Gasteiger partial charge < -0.3 is 10.2 Å². The van der Waals surface area contributed by atoms with E-state index in [2.05, 4.69) is 13.8 Å². The van der Waals surface area contributed by atoms with Crippen LogP contribution in [0.5, 0.6) is 0 Å². The van der Waals surface area contributed by atoms with E-state index < -0.39 is 0 Å². The van der Waals surface area contributed by atoms with Gasteiger partial charge in [-0.1, -0.05) is 161 Å². The van der Waals surface area contributed by atoms with Crippen molar-refractivity contribution in [3.05, 3.63) is 12.3 Å². The van der Waals surface area contributed by atoms with Crippen LogP contribution in [0.2, 0.25) is 0 Å². The van der Waals surface area contributed by atoms with Crippen molar-refractivity contribution in [2.24, 2.45) is 0 Å². The number of hydrogen-bond donors (Lipinski definition) is 2. The molecule has 0 bridgehead atoms. The summed E-state index contributed by atoms with van der Waals surface area (Å²) < 4.78 is 0. The molecule has 194 valence electrons. The van der Waals surface area contributed by atoms with Crippen LogP contribution in [0.1, 0.15) is 174 Å². The Morgan fingerprint density at radius 2 is 0.688 bits per heavy atom. The number of aliphatic hydroxyl groups excluding tert-OH is 2. The van der Waals surface area contributed by atoms with Gasteiger partial charge >= 0.3 is 0 Å². The molecular weight excluding hydrogens is 392 g/mol. The molecule has 0 amide bonds. The van der Waals surface area contributed by atoms with Crippen molar-refractivity contribution in [3.8, 4) is 0 Å². The second-order valence-corrected chi connectivity index (χ2v) is 9.68. The van der Waals surface area contributed by atoms with Gasteiger partial charge in [-0.05, 0) is 19.3 Å². The minimum Gasteiger partial charge on any atom is -0.516 e. The van der Waals surface area contributed by atoms with Crippen molar-refractivity contribution in [3.63, 3.8) is 0 Å². The van der Waals surface area contributed by atoms with Crippen molar-refractivity contribution >= 4 is 0 Å². The highest BCUT2D eigenvalue weighted by Crippen LogP contribution is 2.13. The number of hydrogen-bond acceptors (Lipinski definition) is 2. The monoisotopic (exact) mass is 454 g/mol. The van der Waals surface area contributed by atoms with Gasteiger partial charge in [0, 0.05) is 6.61 Å². The number of aliphatic hydroxyl groups is 2. The summed E-state index contributed by atoms with van der Waals surface area (Å²) >= 11 is 0. The Morgan fingerprint density at radius 3 is 0.969 bits per heavy atom. The first-order chi connectivity index (χ1) is 15.8. The minimum atomic E-state index is 0.373. The van der Waals surface area contributed by atoms with Gasteiger partial charge in [0.1, 0.15) is 0 Å². The molecule has 2 nitrogen and oxygen atoms in total. The first-order valence-electron chi connectivity index (χ1n) is 14.7. The topological polar surface area (TPSA) is 40.5 Å². The normalized spacial score (nSPS) is 11.1. The van der Waals surface area contributed by atoms with E-state index in [-0.39, 0.29) is 0 Å². The Balaban J connectivity index is 0. The van der Waals surface area contributed by atoms with Gasteiger partial charge in [-0.3, -0.25) is 0 Å². The zero-order valence-corrected chi connectivity index (χ0v) is 22.4. The highest BCUT2D eigenvalue weighted by atomic mass is 16.3. The Labute approximate surface area is 203 Å². The second-order valence-electron chi connectivity index (χ2n) is 9.68. The summed E-state index contributed by atoms with van der Waals surface area (Å²) in [5, 5.41) is 17.1. The maximum Gasteiger partial charge on any atom is 0.0751 e. The predicted molar refractivity (Wildman–Crippen MR) is 146 cm³/mol. The molecule has 0 aliphatic rings. The molecule has 2 heteroatoms. The molecule has 0 spiro atoms. The number of rotatable bonds is 25. The van der Waals surface area contributed by atoms with Crippen LogP contribution < -0.4 is 0 Å². The molecule has 0 aliphatic heterocycles. The van der Waals surface area contributed by atoms with E-state index >= 15 is 0 Å². The highest BCUT2D eigenvalue weighted by molar-refractivity contribution is 4.70. The van der Waals surface area contributed by atoms with Gasteiger partial charge in [-0.15, -0.1) is 0 Å². The summed E-state index contributed by atoms with van der Waals surface area (Å²) in [5.41, 5.74) is 0. The molecule has 0 atom stereocenters. The zero-order valence-electron chi connectivity index (χ0n) is 22.4. The van der Waals surface area contributed by atoms with Gasteiger partial charge in [-0.2, -0.15) is 0 Å². The summed E-state index contributed by atoms with van der Waals surface area (Å²) in [6, 6.07) is 0. The summed E-state index contributed by atoms with van der Waals surface area (Å²) in [4.78, 5) is 0. The third kappa shape index (κ3) is 36.8. The molecule has 0 saturated carbocycles. The molecule has 0 unspecified atom stereocenters. The van der Waals surface area contributed by atoms with Crippen LogP contribution in [-0.4, -0.2) is 16.8 Å².